The molecular weight excluding hydrogens is 552 g/mol. The summed E-state index contributed by atoms with van der Waals surface area (Å²) in [5.41, 5.74) is 1.95. The van der Waals surface area contributed by atoms with Gasteiger partial charge in [-0.05, 0) is 79.2 Å². The van der Waals surface area contributed by atoms with Gasteiger partial charge in [-0.1, -0.05) is 13.8 Å². The molecule has 1 aromatic carbocycles. The van der Waals surface area contributed by atoms with Crippen LogP contribution in [0.5, 0.6) is 17.2 Å². The Bertz CT molecular complexity index is 1260. The fraction of sp³-hybridized carbons (Fsp3) is 0.552. The Labute approximate surface area is 231 Å². The maximum atomic E-state index is 13.8. The number of likely N-dealkylation sites (N-methyl/N-ethyl adjacent to an activating group) is 1. The molecule has 6 nitrogen and oxygen atoms in total. The molecule has 3 heterocycles. The SMILES string of the molecule is COc1cc(O)c2c3c1O[C@H]1[C@@H](N(CC(C)C)C(=O)/C=C/c4cc(Br)cs4)CC[C@H]4[C@@H](C2)N(C)CC[C@@]341. The van der Waals surface area contributed by atoms with Crippen LogP contribution in [-0.2, 0) is 16.6 Å². The van der Waals surface area contributed by atoms with Crippen LogP contribution in [0, 0.1) is 11.8 Å². The number of phenols is 1. The van der Waals surface area contributed by atoms with Crippen molar-refractivity contribution in [3.63, 3.8) is 0 Å². The zero-order valence-electron chi connectivity index (χ0n) is 21.9. The van der Waals surface area contributed by atoms with Crippen LogP contribution in [0.3, 0.4) is 0 Å². The zero-order valence-corrected chi connectivity index (χ0v) is 24.3. The van der Waals surface area contributed by atoms with Crippen molar-refractivity contribution in [1.82, 2.24) is 9.80 Å². The Hall–Kier alpha value is -2.03. The van der Waals surface area contributed by atoms with Gasteiger partial charge in [0.25, 0.3) is 0 Å². The maximum Gasteiger partial charge on any atom is 0.246 e. The minimum absolute atomic E-state index is 0.0351. The maximum absolute atomic E-state index is 13.8. The largest absolute Gasteiger partial charge is 0.508 e. The second kappa shape index (κ2) is 9.31. The number of hydrogen-bond donors (Lipinski definition) is 1. The molecule has 1 N–H and O–H groups in total. The van der Waals surface area contributed by atoms with E-state index in [1.165, 1.54) is 0 Å². The van der Waals surface area contributed by atoms with Gasteiger partial charge in [0.1, 0.15) is 11.9 Å². The molecule has 2 aromatic rings. The zero-order chi connectivity index (χ0) is 26.1. The number of nitrogens with zero attached hydrogens (tertiary/aromatic N) is 2. The van der Waals surface area contributed by atoms with E-state index in [1.54, 1.807) is 30.6 Å². The summed E-state index contributed by atoms with van der Waals surface area (Å²) in [6.07, 6.45) is 7.24. The van der Waals surface area contributed by atoms with Crippen LogP contribution in [0.25, 0.3) is 6.08 Å². The second-order valence-electron chi connectivity index (χ2n) is 11.5. The quantitative estimate of drug-likeness (QED) is 0.455. The molecule has 1 aromatic heterocycles. The minimum Gasteiger partial charge on any atom is -0.508 e. The van der Waals surface area contributed by atoms with Gasteiger partial charge in [0.2, 0.25) is 5.91 Å². The molecule has 0 radical (unpaired) electrons. The number of benzene rings is 1. The van der Waals surface area contributed by atoms with Crippen LogP contribution >= 0.6 is 27.3 Å². The molecule has 4 aliphatic rings. The van der Waals surface area contributed by atoms with Crippen LogP contribution in [0.2, 0.25) is 0 Å². The molecule has 2 bridgehead atoms. The van der Waals surface area contributed by atoms with E-state index in [4.69, 9.17) is 9.47 Å². The van der Waals surface area contributed by atoms with E-state index in [-0.39, 0.29) is 23.5 Å². The lowest BCUT2D eigenvalue weighted by atomic mass is 9.51. The van der Waals surface area contributed by atoms with Gasteiger partial charge in [-0.3, -0.25) is 4.79 Å². The predicted octanol–water partition coefficient (Wildman–Crippen LogP) is 5.46. The summed E-state index contributed by atoms with van der Waals surface area (Å²) in [5, 5.41) is 13.1. The molecule has 1 saturated carbocycles. The van der Waals surface area contributed by atoms with Gasteiger partial charge < -0.3 is 24.4 Å². The van der Waals surface area contributed by atoms with Gasteiger partial charge >= 0.3 is 0 Å². The van der Waals surface area contributed by atoms with Gasteiger partial charge in [0.15, 0.2) is 11.5 Å². The predicted molar refractivity (Wildman–Crippen MR) is 150 cm³/mol. The van der Waals surface area contributed by atoms with Crippen LogP contribution in [0.4, 0.5) is 0 Å². The Morgan fingerprint density at radius 3 is 2.92 bits per heavy atom. The van der Waals surface area contributed by atoms with Gasteiger partial charge in [0.05, 0.1) is 13.2 Å². The molecule has 1 spiro atoms. The van der Waals surface area contributed by atoms with Crippen molar-refractivity contribution in [3.05, 3.63) is 44.1 Å². The van der Waals surface area contributed by atoms with Crippen LogP contribution < -0.4 is 9.47 Å². The molecule has 198 valence electrons. The van der Waals surface area contributed by atoms with Crippen molar-refractivity contribution < 1.29 is 19.4 Å². The number of piperidine rings is 1. The highest BCUT2D eigenvalue weighted by Crippen LogP contribution is 2.65. The van der Waals surface area contributed by atoms with Gasteiger partial charge in [-0.15, -0.1) is 11.3 Å². The van der Waals surface area contributed by atoms with E-state index in [0.717, 1.165) is 58.5 Å². The van der Waals surface area contributed by atoms with Gasteiger partial charge in [-0.25, -0.2) is 0 Å². The summed E-state index contributed by atoms with van der Waals surface area (Å²) < 4.78 is 13.7. The first-order valence-electron chi connectivity index (χ1n) is 13.3. The van der Waals surface area contributed by atoms with Crippen LogP contribution in [0.15, 0.2) is 28.1 Å². The fourth-order valence-corrected chi connectivity index (χ4v) is 9.02. The number of amides is 1. The molecule has 1 amide bonds. The third-order valence-corrected chi connectivity index (χ3v) is 10.8. The van der Waals surface area contributed by atoms with E-state index >= 15 is 0 Å². The van der Waals surface area contributed by atoms with Crippen LogP contribution in [-0.4, -0.2) is 66.2 Å². The number of carbonyl (C=O) groups excluding carboxylic acids is 1. The number of aromatic hydroxyl groups is 1. The van der Waals surface area contributed by atoms with Gasteiger partial charge in [0, 0.05) is 56.0 Å². The number of halogens is 1. The molecule has 2 aliphatic carbocycles. The standard InChI is InChI=1S/C29H35BrN2O4S/c1-16(2)14-32(25(34)8-5-18-11-17(30)15-37-18)21-7-6-20-22-12-19-23(33)13-24(35-4)27-26(19)29(20,28(21)36-27)9-10-31(22)3/h5,8,11,13,15-16,20-22,28,33H,6-7,9-10,12,14H2,1-4H3/b8-5+/t20-,21-,22+,28-,29-/m0/s1. The van der Waals surface area contributed by atoms with Crippen molar-refractivity contribution in [2.45, 2.75) is 63.1 Å². The van der Waals surface area contributed by atoms with E-state index in [2.05, 4.69) is 46.6 Å². The van der Waals surface area contributed by atoms with E-state index in [9.17, 15) is 9.90 Å². The van der Waals surface area contributed by atoms with Crippen molar-refractivity contribution >= 4 is 39.2 Å². The molecule has 0 unspecified atom stereocenters. The van der Waals surface area contributed by atoms with E-state index < -0.39 is 0 Å². The first-order chi connectivity index (χ1) is 17.7. The number of carbonyl (C=O) groups is 1. The van der Waals surface area contributed by atoms with Crippen molar-refractivity contribution in [3.8, 4) is 17.2 Å². The molecule has 8 heteroatoms. The molecule has 6 rings (SSSR count). The Morgan fingerprint density at radius 2 is 2.22 bits per heavy atom. The topological polar surface area (TPSA) is 62.2 Å². The lowest BCUT2D eigenvalue weighted by Crippen LogP contribution is -2.68. The highest BCUT2D eigenvalue weighted by Gasteiger charge is 2.66. The second-order valence-corrected chi connectivity index (χ2v) is 13.4. The average molecular weight is 588 g/mol. The number of ether oxygens (including phenoxy) is 2. The number of methoxy groups -OCH3 is 1. The van der Waals surface area contributed by atoms with Crippen molar-refractivity contribution in [1.29, 1.82) is 0 Å². The fourth-order valence-electron chi connectivity index (χ4n) is 7.68. The van der Waals surface area contributed by atoms with Crippen molar-refractivity contribution in [2.24, 2.45) is 11.8 Å². The molecule has 37 heavy (non-hydrogen) atoms. The van der Waals surface area contributed by atoms with Gasteiger partial charge in [-0.2, -0.15) is 0 Å². The first-order valence-corrected chi connectivity index (χ1v) is 14.9. The summed E-state index contributed by atoms with van der Waals surface area (Å²) >= 11 is 5.12. The summed E-state index contributed by atoms with van der Waals surface area (Å²) in [4.78, 5) is 19.4. The average Bonchev–Trinajstić information content (AvgIpc) is 3.44. The number of likely N-dealkylation sites (tertiary alicyclic amines) is 1. The number of thiophene rings is 1. The smallest absolute Gasteiger partial charge is 0.246 e. The molecule has 1 saturated heterocycles. The Balaban J connectivity index is 1.43. The summed E-state index contributed by atoms with van der Waals surface area (Å²) in [6, 6.07) is 4.07. The summed E-state index contributed by atoms with van der Waals surface area (Å²) in [7, 11) is 3.85. The lowest BCUT2D eigenvalue weighted by Gasteiger charge is -2.60. The molecular formula is C29H35BrN2O4S. The Morgan fingerprint density at radius 1 is 1.41 bits per heavy atom. The highest BCUT2D eigenvalue weighted by molar-refractivity contribution is 9.10. The van der Waals surface area contributed by atoms with Crippen LogP contribution in [0.1, 0.15) is 49.1 Å². The first kappa shape index (κ1) is 25.3. The lowest BCUT2D eigenvalue weighted by molar-refractivity contribution is -0.138. The highest BCUT2D eigenvalue weighted by atomic mass is 79.9. The number of hydrogen-bond acceptors (Lipinski definition) is 6. The monoisotopic (exact) mass is 586 g/mol. The van der Waals surface area contributed by atoms with Crippen molar-refractivity contribution in [2.75, 3.05) is 27.2 Å². The molecule has 2 aliphatic heterocycles. The number of phenolic OH excluding ortho intramolecular Hbond substituents is 1. The third kappa shape index (κ3) is 3.85. The minimum atomic E-state index is -0.215. The summed E-state index contributed by atoms with van der Waals surface area (Å²) in [6.45, 7) is 5.99. The molecule has 5 atom stereocenters. The number of rotatable bonds is 6. The van der Waals surface area contributed by atoms with E-state index in [1.807, 2.05) is 17.5 Å². The molecule has 2 fully saturated rings. The normalized spacial score (nSPS) is 29.9. The third-order valence-electron chi connectivity index (χ3n) is 9.10. The van der Waals surface area contributed by atoms with E-state index in [0.29, 0.717) is 35.9 Å². The Kier molecular flexibility index (Phi) is 6.36. The summed E-state index contributed by atoms with van der Waals surface area (Å²) in [5.74, 6) is 2.49.